The third-order valence-corrected chi connectivity index (χ3v) is 3.68. The van der Waals surface area contributed by atoms with E-state index >= 15 is 0 Å². The van der Waals surface area contributed by atoms with Crippen LogP contribution in [0.2, 0.25) is 0 Å². The van der Waals surface area contributed by atoms with Crippen molar-refractivity contribution in [3.63, 3.8) is 0 Å². The number of carbonyl (C=O) groups is 2. The third-order valence-electron chi connectivity index (χ3n) is 3.68. The van der Waals surface area contributed by atoms with Crippen molar-refractivity contribution in [1.29, 1.82) is 0 Å². The molecule has 0 radical (unpaired) electrons. The lowest BCUT2D eigenvalue weighted by atomic mass is 10.2. The molecular formula is C16H23N3O3. The summed E-state index contributed by atoms with van der Waals surface area (Å²) in [6, 6.07) is 3.37. The lowest BCUT2D eigenvalue weighted by Crippen LogP contribution is -2.44. The second kappa shape index (κ2) is 8.48. The van der Waals surface area contributed by atoms with E-state index in [0.29, 0.717) is 39.1 Å². The third kappa shape index (κ3) is 4.53. The van der Waals surface area contributed by atoms with Crippen molar-refractivity contribution in [3.8, 4) is 0 Å². The van der Waals surface area contributed by atoms with Crippen LogP contribution < -0.4 is 5.32 Å². The Morgan fingerprint density at radius 3 is 3.14 bits per heavy atom. The zero-order valence-corrected chi connectivity index (χ0v) is 13.0. The molecule has 1 unspecified atom stereocenters. The fourth-order valence-electron chi connectivity index (χ4n) is 2.54. The number of aromatic nitrogens is 1. The second-order valence-electron chi connectivity index (χ2n) is 5.28. The van der Waals surface area contributed by atoms with E-state index < -0.39 is 0 Å². The van der Waals surface area contributed by atoms with Gasteiger partial charge in [0, 0.05) is 45.1 Å². The fraction of sp³-hybridized carbons (Fsp3) is 0.562. The van der Waals surface area contributed by atoms with Crippen molar-refractivity contribution < 1.29 is 14.3 Å². The molecule has 6 nitrogen and oxygen atoms in total. The normalized spacial score (nSPS) is 17.8. The molecule has 0 spiro atoms. The standard InChI is InChI=1S/C16H23N3O3/c1-2-22-10-4-9-18-16(21)14-6-7-15(20)19(14)12-13-5-3-8-17-11-13/h3,5,8,11,14H,2,4,6-7,9-10,12H2,1H3,(H,18,21). The van der Waals surface area contributed by atoms with Crippen LogP contribution in [0, 0.1) is 0 Å². The average molecular weight is 305 g/mol. The van der Waals surface area contributed by atoms with E-state index in [4.69, 9.17) is 4.74 Å². The number of ether oxygens (including phenoxy) is 1. The number of hydrogen-bond acceptors (Lipinski definition) is 4. The van der Waals surface area contributed by atoms with Crippen LogP contribution in [-0.2, 0) is 20.9 Å². The lowest BCUT2D eigenvalue weighted by Gasteiger charge is -2.24. The monoisotopic (exact) mass is 305 g/mol. The molecule has 0 aliphatic carbocycles. The van der Waals surface area contributed by atoms with E-state index in [1.54, 1.807) is 17.3 Å². The van der Waals surface area contributed by atoms with Gasteiger partial charge in [-0.15, -0.1) is 0 Å². The molecule has 0 saturated carbocycles. The number of likely N-dealkylation sites (tertiary alicyclic amines) is 1. The molecule has 2 rings (SSSR count). The van der Waals surface area contributed by atoms with Crippen LogP contribution in [0.1, 0.15) is 31.7 Å². The highest BCUT2D eigenvalue weighted by molar-refractivity contribution is 5.90. The van der Waals surface area contributed by atoms with E-state index in [9.17, 15) is 9.59 Å². The van der Waals surface area contributed by atoms with Gasteiger partial charge in [0.25, 0.3) is 0 Å². The van der Waals surface area contributed by atoms with Gasteiger partial charge in [-0.05, 0) is 31.4 Å². The van der Waals surface area contributed by atoms with Gasteiger partial charge in [0.1, 0.15) is 6.04 Å². The Kier molecular flexibility index (Phi) is 6.33. The molecule has 1 saturated heterocycles. The zero-order valence-electron chi connectivity index (χ0n) is 13.0. The average Bonchev–Trinajstić information content (AvgIpc) is 2.89. The summed E-state index contributed by atoms with van der Waals surface area (Å²) >= 11 is 0. The topological polar surface area (TPSA) is 71.5 Å². The minimum Gasteiger partial charge on any atom is -0.382 e. The van der Waals surface area contributed by atoms with Gasteiger partial charge >= 0.3 is 0 Å². The highest BCUT2D eigenvalue weighted by Gasteiger charge is 2.35. The summed E-state index contributed by atoms with van der Waals surface area (Å²) in [5.41, 5.74) is 0.937. The van der Waals surface area contributed by atoms with E-state index in [1.807, 2.05) is 19.1 Å². The number of nitrogens with zero attached hydrogens (tertiary/aromatic N) is 2. The number of pyridine rings is 1. The Morgan fingerprint density at radius 2 is 2.41 bits per heavy atom. The molecule has 1 aliphatic heterocycles. The van der Waals surface area contributed by atoms with Crippen molar-refractivity contribution in [2.24, 2.45) is 0 Å². The fourth-order valence-corrected chi connectivity index (χ4v) is 2.54. The van der Waals surface area contributed by atoms with E-state index in [0.717, 1.165) is 12.0 Å². The predicted molar refractivity (Wildman–Crippen MR) is 81.9 cm³/mol. The Balaban J connectivity index is 1.85. The van der Waals surface area contributed by atoms with Gasteiger partial charge in [0.05, 0.1) is 0 Å². The molecule has 120 valence electrons. The van der Waals surface area contributed by atoms with Crippen LogP contribution in [0.25, 0.3) is 0 Å². The maximum absolute atomic E-state index is 12.3. The summed E-state index contributed by atoms with van der Waals surface area (Å²) in [5, 5.41) is 2.89. The van der Waals surface area contributed by atoms with E-state index in [2.05, 4.69) is 10.3 Å². The molecule has 1 aliphatic rings. The Bertz CT molecular complexity index is 493. The van der Waals surface area contributed by atoms with Gasteiger partial charge in [0.15, 0.2) is 0 Å². The minimum absolute atomic E-state index is 0.0262. The van der Waals surface area contributed by atoms with Crippen molar-refractivity contribution in [2.75, 3.05) is 19.8 Å². The summed E-state index contributed by atoms with van der Waals surface area (Å²) in [7, 11) is 0. The van der Waals surface area contributed by atoms with Crippen LogP contribution in [0.5, 0.6) is 0 Å². The number of hydrogen-bond donors (Lipinski definition) is 1. The number of rotatable bonds is 8. The Labute approximate surface area is 130 Å². The molecule has 1 aromatic heterocycles. The molecule has 22 heavy (non-hydrogen) atoms. The summed E-state index contributed by atoms with van der Waals surface area (Å²) in [5.74, 6) is -0.0513. The van der Waals surface area contributed by atoms with Gasteiger partial charge in [-0.25, -0.2) is 0 Å². The van der Waals surface area contributed by atoms with Crippen LogP contribution >= 0.6 is 0 Å². The lowest BCUT2D eigenvalue weighted by molar-refractivity contribution is -0.135. The zero-order chi connectivity index (χ0) is 15.8. The number of nitrogens with one attached hydrogen (secondary N) is 1. The molecule has 2 amide bonds. The largest absolute Gasteiger partial charge is 0.382 e. The maximum Gasteiger partial charge on any atom is 0.242 e. The van der Waals surface area contributed by atoms with Gasteiger partial charge in [-0.3, -0.25) is 14.6 Å². The Hall–Kier alpha value is -1.95. The molecule has 0 bridgehead atoms. The van der Waals surface area contributed by atoms with E-state index in [1.165, 1.54) is 0 Å². The number of carbonyl (C=O) groups excluding carboxylic acids is 2. The summed E-state index contributed by atoms with van der Waals surface area (Å²) in [4.78, 5) is 30.0. The van der Waals surface area contributed by atoms with Gasteiger partial charge in [-0.2, -0.15) is 0 Å². The van der Waals surface area contributed by atoms with Crippen molar-refractivity contribution in [1.82, 2.24) is 15.2 Å². The summed E-state index contributed by atoms with van der Waals surface area (Å²) in [6.45, 7) is 4.27. The summed E-state index contributed by atoms with van der Waals surface area (Å²) in [6.07, 6.45) is 5.21. The van der Waals surface area contributed by atoms with Crippen LogP contribution in [-0.4, -0.2) is 47.5 Å². The highest BCUT2D eigenvalue weighted by atomic mass is 16.5. The smallest absolute Gasteiger partial charge is 0.242 e. The van der Waals surface area contributed by atoms with Crippen LogP contribution in [0.3, 0.4) is 0 Å². The maximum atomic E-state index is 12.3. The molecule has 6 heteroatoms. The van der Waals surface area contributed by atoms with Gasteiger partial charge in [-0.1, -0.05) is 6.07 Å². The summed E-state index contributed by atoms with van der Waals surface area (Å²) < 4.78 is 5.24. The van der Waals surface area contributed by atoms with Crippen molar-refractivity contribution in [3.05, 3.63) is 30.1 Å². The first-order chi connectivity index (χ1) is 10.7. The first kappa shape index (κ1) is 16.4. The predicted octanol–water partition coefficient (Wildman–Crippen LogP) is 1.12. The Morgan fingerprint density at radius 1 is 1.55 bits per heavy atom. The first-order valence-corrected chi connectivity index (χ1v) is 7.76. The molecule has 1 N–H and O–H groups in total. The SMILES string of the molecule is CCOCCCNC(=O)C1CCC(=O)N1Cc1cccnc1. The highest BCUT2D eigenvalue weighted by Crippen LogP contribution is 2.21. The first-order valence-electron chi connectivity index (χ1n) is 7.76. The number of amides is 2. The molecule has 0 aromatic carbocycles. The molecule has 1 atom stereocenters. The molecule has 2 heterocycles. The molecule has 1 fully saturated rings. The van der Waals surface area contributed by atoms with Crippen molar-refractivity contribution in [2.45, 2.75) is 38.8 Å². The minimum atomic E-state index is -0.375. The van der Waals surface area contributed by atoms with Gasteiger partial charge < -0.3 is 15.0 Å². The van der Waals surface area contributed by atoms with Crippen LogP contribution in [0.4, 0.5) is 0 Å². The second-order valence-corrected chi connectivity index (χ2v) is 5.28. The molecular weight excluding hydrogens is 282 g/mol. The quantitative estimate of drug-likeness (QED) is 0.731. The van der Waals surface area contributed by atoms with Crippen LogP contribution in [0.15, 0.2) is 24.5 Å². The van der Waals surface area contributed by atoms with E-state index in [-0.39, 0.29) is 17.9 Å². The van der Waals surface area contributed by atoms with Crippen molar-refractivity contribution >= 4 is 11.8 Å². The molecule has 1 aromatic rings. The van der Waals surface area contributed by atoms with Gasteiger partial charge in [0.2, 0.25) is 11.8 Å².